The summed E-state index contributed by atoms with van der Waals surface area (Å²) in [5.74, 6) is -3.52. The SMILES string of the molecule is CCOC(=O)CC(=O)OC1=C(c2[nH]c3ccccc3c2OC(=O)CC(=O)OCC)Cc2ccccc21.CCOC(=O)CC(=O)Oc1c(C2=C(O)c3ccccc3C2)[nH]c2ccccc12.O=C(OC1=C(c2[nH]c3ccccc3c2OC(=O)c2ccncc2)Cc2ccccc21)c1ccncc1. The summed E-state index contributed by atoms with van der Waals surface area (Å²) in [5, 5.41) is 12.8. The van der Waals surface area contributed by atoms with Crippen LogP contribution in [0.25, 0.3) is 66.7 Å². The van der Waals surface area contributed by atoms with E-state index >= 15 is 0 Å². The molecule has 0 amide bonds. The summed E-state index contributed by atoms with van der Waals surface area (Å²) in [4.78, 5) is 117. The molecule has 0 radical (unpaired) electrons. The Morgan fingerprint density at radius 3 is 1.09 bits per heavy atom. The molecular weight excluding hydrogens is 1280 g/mol. The number of benzene rings is 6. The number of pyridine rings is 2. The van der Waals surface area contributed by atoms with Gasteiger partial charge < -0.3 is 58.0 Å². The van der Waals surface area contributed by atoms with Crippen LogP contribution in [0.15, 0.2) is 195 Å². The van der Waals surface area contributed by atoms with Gasteiger partial charge in [-0.2, -0.15) is 0 Å². The van der Waals surface area contributed by atoms with Gasteiger partial charge in [0.1, 0.15) is 36.5 Å². The van der Waals surface area contributed by atoms with E-state index in [1.807, 2.05) is 133 Å². The summed E-state index contributed by atoms with van der Waals surface area (Å²) in [6.45, 7) is 5.47. The summed E-state index contributed by atoms with van der Waals surface area (Å²) in [6.07, 6.45) is 6.00. The third-order valence-electron chi connectivity index (χ3n) is 16.3. The van der Waals surface area contributed by atoms with Crippen LogP contribution < -0.4 is 14.2 Å². The average Bonchev–Trinajstić information content (AvgIpc) is 1.61. The highest BCUT2D eigenvalue weighted by atomic mass is 16.6. The van der Waals surface area contributed by atoms with Gasteiger partial charge in [0.15, 0.2) is 17.2 Å². The van der Waals surface area contributed by atoms with Crippen LogP contribution in [0.4, 0.5) is 0 Å². The Balaban J connectivity index is 0.000000143. The Bertz CT molecular complexity index is 5120. The normalized spacial score (nSPS) is 12.5. The minimum Gasteiger partial charge on any atom is -0.507 e. The largest absolute Gasteiger partial charge is 0.507 e. The second kappa shape index (κ2) is 30.4. The molecule has 0 saturated heterocycles. The highest BCUT2D eigenvalue weighted by molar-refractivity contribution is 6.08. The van der Waals surface area contributed by atoms with E-state index in [1.54, 1.807) is 82.0 Å². The molecule has 0 unspecified atom stereocenters. The first-order valence-corrected chi connectivity index (χ1v) is 32.0. The molecule has 0 spiro atoms. The van der Waals surface area contributed by atoms with Crippen molar-refractivity contribution in [2.75, 3.05) is 19.8 Å². The molecule has 5 aromatic heterocycles. The van der Waals surface area contributed by atoms with E-state index in [1.165, 1.54) is 0 Å². The zero-order chi connectivity index (χ0) is 69.8. The van der Waals surface area contributed by atoms with Gasteiger partial charge in [-0.15, -0.1) is 0 Å². The van der Waals surface area contributed by atoms with Gasteiger partial charge in [-0.05, 0) is 98.1 Å². The van der Waals surface area contributed by atoms with Crippen molar-refractivity contribution in [2.45, 2.75) is 59.3 Å². The number of H-pyrrole nitrogens is 3. The molecule has 22 nitrogen and oxygen atoms in total. The number of nitrogens with one attached hydrogen (secondary N) is 3. The predicted octanol–water partition coefficient (Wildman–Crippen LogP) is 13.4. The zero-order valence-electron chi connectivity index (χ0n) is 54.2. The molecule has 100 heavy (non-hydrogen) atoms. The van der Waals surface area contributed by atoms with Crippen molar-refractivity contribution < 1.29 is 81.4 Å². The average molecular weight is 1340 g/mol. The van der Waals surface area contributed by atoms with Crippen molar-refractivity contribution in [1.82, 2.24) is 24.9 Å². The summed E-state index contributed by atoms with van der Waals surface area (Å²) in [5.41, 5.74) is 11.7. The molecule has 0 aliphatic heterocycles. The second-order valence-electron chi connectivity index (χ2n) is 22.7. The third kappa shape index (κ3) is 14.7. The van der Waals surface area contributed by atoms with Crippen molar-refractivity contribution in [3.05, 3.63) is 256 Å². The highest BCUT2D eigenvalue weighted by Gasteiger charge is 2.34. The van der Waals surface area contributed by atoms with Crippen molar-refractivity contribution >= 4 is 114 Å². The lowest BCUT2D eigenvalue weighted by atomic mass is 10.1. The van der Waals surface area contributed by atoms with Crippen molar-refractivity contribution in [1.29, 1.82) is 0 Å². The summed E-state index contributed by atoms with van der Waals surface area (Å²) >= 11 is 0. The van der Waals surface area contributed by atoms with Gasteiger partial charge in [-0.25, -0.2) is 9.59 Å². The molecule has 4 N–H and O–H groups in total. The lowest BCUT2D eigenvalue weighted by Gasteiger charge is -2.11. The molecule has 502 valence electrons. The fourth-order valence-electron chi connectivity index (χ4n) is 11.9. The molecule has 0 saturated carbocycles. The maximum absolute atomic E-state index is 13.0. The molecular formula is C78H63N5O17. The van der Waals surface area contributed by atoms with E-state index in [2.05, 4.69) is 24.9 Å². The molecule has 3 aliphatic carbocycles. The summed E-state index contributed by atoms with van der Waals surface area (Å²) in [6, 6.07) is 51.3. The van der Waals surface area contributed by atoms with Crippen LogP contribution in [0.2, 0.25) is 0 Å². The number of hydrogen-bond acceptors (Lipinski definition) is 19. The lowest BCUT2D eigenvalue weighted by Crippen LogP contribution is -2.16. The third-order valence-corrected chi connectivity index (χ3v) is 16.3. The molecule has 0 fully saturated rings. The molecule has 22 heteroatoms. The summed E-state index contributed by atoms with van der Waals surface area (Å²) < 4.78 is 43.3. The highest BCUT2D eigenvalue weighted by Crippen LogP contribution is 2.47. The monoisotopic (exact) mass is 1340 g/mol. The Kier molecular flexibility index (Phi) is 20.4. The zero-order valence-corrected chi connectivity index (χ0v) is 54.2. The minimum atomic E-state index is -0.781. The van der Waals surface area contributed by atoms with E-state index in [0.29, 0.717) is 97.7 Å². The maximum atomic E-state index is 13.0. The number of hydrogen-bond donors (Lipinski definition) is 4. The lowest BCUT2D eigenvalue weighted by molar-refractivity contribution is -0.152. The molecule has 6 aromatic carbocycles. The Labute approximate surface area is 570 Å². The van der Waals surface area contributed by atoms with E-state index in [9.17, 15) is 43.5 Å². The van der Waals surface area contributed by atoms with Gasteiger partial charge in [0, 0.05) is 110 Å². The van der Waals surface area contributed by atoms with Crippen LogP contribution in [-0.4, -0.2) is 97.6 Å². The number of rotatable bonds is 19. The fourth-order valence-corrected chi connectivity index (χ4v) is 11.9. The van der Waals surface area contributed by atoms with Crippen molar-refractivity contribution in [3.8, 4) is 17.2 Å². The number of nitrogens with zero attached hydrogens (tertiary/aromatic N) is 2. The summed E-state index contributed by atoms with van der Waals surface area (Å²) in [7, 11) is 0. The predicted molar refractivity (Wildman–Crippen MR) is 368 cm³/mol. The first-order valence-electron chi connectivity index (χ1n) is 32.0. The van der Waals surface area contributed by atoms with Crippen molar-refractivity contribution in [3.63, 3.8) is 0 Å². The molecule has 3 aliphatic rings. The number of aliphatic hydroxyl groups excluding tert-OH is 1. The molecule has 5 heterocycles. The van der Waals surface area contributed by atoms with E-state index in [0.717, 1.165) is 49.8 Å². The van der Waals surface area contributed by atoms with Gasteiger partial charge in [0.05, 0.1) is 48.0 Å². The second-order valence-corrected chi connectivity index (χ2v) is 22.7. The Hall–Kier alpha value is -13.0. The van der Waals surface area contributed by atoms with Crippen LogP contribution in [0.1, 0.15) is 111 Å². The number of carbonyl (C=O) groups is 8. The van der Waals surface area contributed by atoms with Crippen LogP contribution in [0.5, 0.6) is 17.2 Å². The number of para-hydroxylation sites is 3. The van der Waals surface area contributed by atoms with Crippen LogP contribution in [0, 0.1) is 0 Å². The number of allylic oxidation sites excluding steroid dienone is 3. The number of esters is 8. The first-order chi connectivity index (χ1) is 48.7. The first kappa shape index (κ1) is 67.0. The van der Waals surface area contributed by atoms with Crippen molar-refractivity contribution in [2.24, 2.45) is 0 Å². The van der Waals surface area contributed by atoms with E-state index in [4.69, 9.17) is 37.9 Å². The van der Waals surface area contributed by atoms with Crippen LogP contribution in [0.3, 0.4) is 0 Å². The molecule has 11 aromatic rings. The molecule has 0 bridgehead atoms. The molecule has 0 atom stereocenters. The van der Waals surface area contributed by atoms with Crippen LogP contribution in [-0.2, 0) is 71.7 Å². The Morgan fingerprint density at radius 1 is 0.360 bits per heavy atom. The van der Waals surface area contributed by atoms with E-state index < -0.39 is 67.0 Å². The van der Waals surface area contributed by atoms with Gasteiger partial charge in [0.25, 0.3) is 0 Å². The fraction of sp³-hybridized carbons (Fsp3) is 0.154. The van der Waals surface area contributed by atoms with E-state index in [-0.39, 0.29) is 37.1 Å². The van der Waals surface area contributed by atoms with Gasteiger partial charge >= 0.3 is 47.8 Å². The van der Waals surface area contributed by atoms with Gasteiger partial charge in [0.2, 0.25) is 0 Å². The number of aromatic amines is 3. The van der Waals surface area contributed by atoms with Gasteiger partial charge in [-0.1, -0.05) is 109 Å². The number of carbonyl (C=O) groups excluding carboxylic acids is 8. The standard InChI is InChI=1S/C29H19N3O4.C27H25NO8.C22H19NO5/c33-28(18-9-13-30-14-10-18)35-26-21-6-2-1-5-20(21)17-23(26)25-27(22-7-3-4-8-24(22)32-25)36-29(34)19-11-15-31-16-12-19;1-3-33-21(29)14-23(31)35-26-17-10-6-5-9-16(17)13-19(26)25-27(18-11-7-8-12-20(18)28-25)36-24(32)15-22(30)34-4-2;1-2-27-18(24)12-19(25)28-22-15-9-5-6-10-17(15)23-20(22)16-11-13-7-3-4-8-14(13)21(16)26/h1-16,32H,17H2;5-12,28H,3-4,13-15H2,1-2H3;3-10,23,26H,2,11-12H2,1H3. The quantitative estimate of drug-likeness (QED) is 0.0332. The topological polar surface area (TPSA) is 304 Å². The van der Waals surface area contributed by atoms with Gasteiger partial charge in [-0.3, -0.25) is 38.7 Å². The molecule has 14 rings (SSSR count). The number of aromatic nitrogens is 5. The number of aliphatic hydroxyl groups is 1. The smallest absolute Gasteiger partial charge is 0.343 e. The number of ether oxygens (including phenoxy) is 8. The number of fused-ring (bicyclic) bond motifs is 6. The van der Waals surface area contributed by atoms with Crippen LogP contribution >= 0.6 is 0 Å². The minimum absolute atomic E-state index is 0.149. The maximum Gasteiger partial charge on any atom is 0.343 e. The Morgan fingerprint density at radius 2 is 0.680 bits per heavy atom.